The Morgan fingerprint density at radius 2 is 2.00 bits per heavy atom. The lowest BCUT2D eigenvalue weighted by Crippen LogP contribution is -2.46. The van der Waals surface area contributed by atoms with Crippen molar-refractivity contribution in [2.24, 2.45) is 5.92 Å². The molecule has 0 aromatic carbocycles. The molecule has 0 fully saturated rings. The fraction of sp³-hybridized carbons (Fsp3) is 0.400. The Labute approximate surface area is 134 Å². The molecule has 0 saturated carbocycles. The number of hydrogen-bond acceptors (Lipinski definition) is 5. The van der Waals surface area contributed by atoms with Gasteiger partial charge in [0.25, 0.3) is 5.91 Å². The van der Waals surface area contributed by atoms with Crippen molar-refractivity contribution in [1.82, 2.24) is 16.3 Å². The van der Waals surface area contributed by atoms with Crippen LogP contribution in [0.4, 0.5) is 4.79 Å². The summed E-state index contributed by atoms with van der Waals surface area (Å²) in [5, 5.41) is 8.37. The summed E-state index contributed by atoms with van der Waals surface area (Å²) in [7, 11) is 0. The summed E-state index contributed by atoms with van der Waals surface area (Å²) in [5.74, 6) is -1.45. The van der Waals surface area contributed by atoms with E-state index in [0.29, 0.717) is 6.42 Å². The lowest BCUT2D eigenvalue weighted by molar-refractivity contribution is -0.125. The number of nitrogens with one attached hydrogen (secondary N) is 3. The highest BCUT2D eigenvalue weighted by Gasteiger charge is 2.20. The van der Waals surface area contributed by atoms with Crippen LogP contribution in [-0.4, -0.2) is 28.7 Å². The van der Waals surface area contributed by atoms with E-state index in [0.717, 1.165) is 5.57 Å². The monoisotopic (exact) mass is 323 g/mol. The first-order chi connectivity index (χ1) is 10.7. The molecule has 23 heavy (non-hydrogen) atoms. The molecule has 0 spiro atoms. The van der Waals surface area contributed by atoms with Gasteiger partial charge in [0, 0.05) is 6.08 Å². The fourth-order valence-electron chi connectivity index (χ4n) is 1.67. The molecule has 0 saturated heterocycles. The van der Waals surface area contributed by atoms with Gasteiger partial charge < -0.3 is 4.74 Å². The summed E-state index contributed by atoms with van der Waals surface area (Å²) in [4.78, 5) is 34.2. The second-order valence-corrected chi connectivity index (χ2v) is 5.83. The van der Waals surface area contributed by atoms with Crippen LogP contribution in [0.2, 0.25) is 0 Å². The highest BCUT2D eigenvalue weighted by molar-refractivity contribution is 5.87. The topological polar surface area (TPSA) is 117 Å². The maximum Gasteiger partial charge on any atom is 0.426 e. The summed E-state index contributed by atoms with van der Waals surface area (Å²) in [6, 6.07) is 0. The van der Waals surface area contributed by atoms with Crippen LogP contribution in [0.5, 0.6) is 0 Å². The van der Waals surface area contributed by atoms with Crippen molar-refractivity contribution in [2.45, 2.75) is 32.8 Å². The molecule has 126 valence electrons. The van der Waals surface area contributed by atoms with E-state index in [2.05, 4.69) is 10.9 Å². The molecule has 3 amide bonds. The molecule has 0 bridgehead atoms. The van der Waals surface area contributed by atoms with E-state index < -0.39 is 23.5 Å². The smallest absolute Gasteiger partial charge is 0.426 e. The van der Waals surface area contributed by atoms with Crippen LogP contribution in [0.1, 0.15) is 27.2 Å². The molecule has 0 aliphatic heterocycles. The van der Waals surface area contributed by atoms with E-state index in [9.17, 15) is 14.4 Å². The van der Waals surface area contributed by atoms with Crippen molar-refractivity contribution in [3.63, 3.8) is 0 Å². The van der Waals surface area contributed by atoms with Crippen LogP contribution in [0.15, 0.2) is 36.0 Å². The van der Waals surface area contributed by atoms with Crippen molar-refractivity contribution in [3.05, 3.63) is 36.0 Å². The minimum atomic E-state index is -0.736. The number of hydroxylamine groups is 1. The average molecular weight is 323 g/mol. The van der Waals surface area contributed by atoms with Gasteiger partial charge in [-0.1, -0.05) is 18.2 Å². The van der Waals surface area contributed by atoms with Crippen LogP contribution < -0.4 is 16.3 Å². The third-order valence-corrected chi connectivity index (χ3v) is 2.69. The van der Waals surface area contributed by atoms with Crippen LogP contribution in [0, 0.1) is 5.92 Å². The summed E-state index contributed by atoms with van der Waals surface area (Å²) >= 11 is 0. The van der Waals surface area contributed by atoms with Crippen molar-refractivity contribution in [1.29, 1.82) is 0 Å². The summed E-state index contributed by atoms with van der Waals surface area (Å²) < 4.78 is 5.00. The molecule has 8 heteroatoms. The quantitative estimate of drug-likeness (QED) is 0.352. The Kier molecular flexibility index (Phi) is 6.52. The third-order valence-electron chi connectivity index (χ3n) is 2.69. The van der Waals surface area contributed by atoms with Gasteiger partial charge in [-0.05, 0) is 38.8 Å². The number of carbonyl (C=O) groups excluding carboxylic acids is 3. The van der Waals surface area contributed by atoms with Crippen LogP contribution >= 0.6 is 0 Å². The van der Waals surface area contributed by atoms with Crippen molar-refractivity contribution < 1.29 is 24.3 Å². The highest BCUT2D eigenvalue weighted by atomic mass is 16.6. The zero-order chi connectivity index (χ0) is 17.5. The summed E-state index contributed by atoms with van der Waals surface area (Å²) in [6.45, 7) is 5.15. The zero-order valence-corrected chi connectivity index (χ0v) is 13.3. The van der Waals surface area contributed by atoms with E-state index in [-0.39, 0.29) is 5.91 Å². The van der Waals surface area contributed by atoms with E-state index in [1.807, 2.05) is 0 Å². The summed E-state index contributed by atoms with van der Waals surface area (Å²) in [5.41, 5.74) is 6.04. The van der Waals surface area contributed by atoms with Gasteiger partial charge in [-0.25, -0.2) is 15.7 Å². The van der Waals surface area contributed by atoms with Gasteiger partial charge in [0.15, 0.2) is 0 Å². The third kappa shape index (κ3) is 7.28. The molecular formula is C15H21N3O5. The van der Waals surface area contributed by atoms with Crippen LogP contribution in [-0.2, 0) is 14.3 Å². The van der Waals surface area contributed by atoms with Gasteiger partial charge in [-0.2, -0.15) is 0 Å². The molecule has 0 heterocycles. The second kappa shape index (κ2) is 8.14. The number of ether oxygens (including phenoxy) is 1. The zero-order valence-electron chi connectivity index (χ0n) is 13.3. The number of amides is 3. The Bertz CT molecular complexity index is 558. The maximum atomic E-state index is 11.9. The van der Waals surface area contributed by atoms with Gasteiger partial charge in [0.1, 0.15) is 5.60 Å². The predicted molar refractivity (Wildman–Crippen MR) is 81.9 cm³/mol. The van der Waals surface area contributed by atoms with E-state index in [4.69, 9.17) is 9.94 Å². The minimum Gasteiger partial charge on any atom is -0.443 e. The Morgan fingerprint density at radius 3 is 2.52 bits per heavy atom. The predicted octanol–water partition coefficient (Wildman–Crippen LogP) is 1.11. The van der Waals surface area contributed by atoms with Crippen LogP contribution in [0.3, 0.4) is 0 Å². The Hall–Kier alpha value is -2.61. The van der Waals surface area contributed by atoms with Gasteiger partial charge in [0.2, 0.25) is 5.91 Å². The number of allylic oxidation sites excluding steroid dienone is 4. The first kappa shape index (κ1) is 18.4. The van der Waals surface area contributed by atoms with E-state index in [1.54, 1.807) is 39.0 Å². The maximum absolute atomic E-state index is 11.9. The second-order valence-electron chi connectivity index (χ2n) is 5.83. The highest BCUT2D eigenvalue weighted by Crippen LogP contribution is 2.17. The molecule has 1 rings (SSSR count). The van der Waals surface area contributed by atoms with Crippen molar-refractivity contribution >= 4 is 17.9 Å². The molecule has 4 N–H and O–H groups in total. The Morgan fingerprint density at radius 1 is 1.30 bits per heavy atom. The largest absolute Gasteiger partial charge is 0.443 e. The van der Waals surface area contributed by atoms with Crippen molar-refractivity contribution in [2.75, 3.05) is 0 Å². The fourth-order valence-corrected chi connectivity index (χ4v) is 1.67. The molecule has 1 aliphatic carbocycles. The molecule has 0 aromatic rings. The van der Waals surface area contributed by atoms with Gasteiger partial charge >= 0.3 is 6.09 Å². The van der Waals surface area contributed by atoms with Gasteiger partial charge in [-0.15, -0.1) is 0 Å². The van der Waals surface area contributed by atoms with E-state index in [1.165, 1.54) is 17.6 Å². The van der Waals surface area contributed by atoms with Crippen molar-refractivity contribution in [3.8, 4) is 0 Å². The first-order valence-corrected chi connectivity index (χ1v) is 7.00. The molecule has 1 unspecified atom stereocenters. The lowest BCUT2D eigenvalue weighted by atomic mass is 9.96. The van der Waals surface area contributed by atoms with E-state index >= 15 is 0 Å². The van der Waals surface area contributed by atoms with Gasteiger partial charge in [-0.3, -0.25) is 20.2 Å². The number of hydrogen-bond donors (Lipinski definition) is 4. The minimum absolute atomic E-state index is 0.375. The number of hydrazine groups is 1. The molecular weight excluding hydrogens is 302 g/mol. The number of carbonyl (C=O) groups is 3. The lowest BCUT2D eigenvalue weighted by Gasteiger charge is -2.20. The first-order valence-electron chi connectivity index (χ1n) is 7.00. The normalized spacial score (nSPS) is 17.4. The molecule has 1 aliphatic rings. The van der Waals surface area contributed by atoms with Gasteiger partial charge in [0.05, 0.1) is 5.92 Å². The molecule has 0 aromatic heterocycles. The molecule has 8 nitrogen and oxygen atoms in total. The number of rotatable bonds is 3. The molecule has 1 atom stereocenters. The van der Waals surface area contributed by atoms with Crippen LogP contribution in [0.25, 0.3) is 0 Å². The molecule has 0 radical (unpaired) electrons. The SMILES string of the molecule is CC(C)(C)OC(=O)NNC(=O)C1C=CC(/C=C/C(=O)NO)=CC1. The Balaban J connectivity index is 2.42. The standard InChI is InChI=1S/C15H21N3O5/c1-15(2,3)23-14(21)17-16-13(20)11-7-4-10(5-8-11)6-9-12(19)18-22/h4-7,9,11,22H,8H2,1-3H3,(H,16,20)(H,17,21)(H,18,19)/b9-6+. The summed E-state index contributed by atoms with van der Waals surface area (Å²) in [6.07, 6.45) is 7.44. The average Bonchev–Trinajstić information content (AvgIpc) is 2.49.